The first-order valence-corrected chi connectivity index (χ1v) is 14.7. The summed E-state index contributed by atoms with van der Waals surface area (Å²) >= 11 is 2.12. The molecule has 1 saturated carbocycles. The van der Waals surface area contributed by atoms with Gasteiger partial charge in [0.1, 0.15) is 11.9 Å². The van der Waals surface area contributed by atoms with E-state index in [0.29, 0.717) is 30.7 Å². The van der Waals surface area contributed by atoms with Gasteiger partial charge in [-0.3, -0.25) is 9.78 Å². The number of fused-ring (bicyclic) bond motifs is 1. The van der Waals surface area contributed by atoms with Gasteiger partial charge < -0.3 is 14.7 Å². The first-order valence-electron chi connectivity index (χ1n) is 13.7. The highest BCUT2D eigenvalue weighted by molar-refractivity contribution is 7.99. The molecular formula is C29H41FN2O3S. The number of methoxy groups -OCH3 is 1. The summed E-state index contributed by atoms with van der Waals surface area (Å²) in [6.45, 7) is 2.46. The quantitative estimate of drug-likeness (QED) is 0.259. The van der Waals surface area contributed by atoms with Crippen LogP contribution in [0.4, 0.5) is 4.39 Å². The number of rotatable bonds is 11. The standard InChI is InChI=1S/C29H41FN2O3S/c1-35-22-10-12-28-25(19-22)24(13-15-31-28)27(30)11-9-21-14-17-32(20-26(21)29(33)34)16-6-18-36-23-7-4-2-3-5-8-23/h10,12-13,15,19,21,23,26-27H,2-9,11,14,16-18,20H2,1H3,(H,33,34)/t21-,26+,27+/m1/s1. The van der Waals surface area contributed by atoms with Crippen LogP contribution in [0.3, 0.4) is 0 Å². The number of halogens is 1. The number of carboxylic acid groups (broad SMARTS) is 1. The molecule has 2 aromatic rings. The zero-order valence-electron chi connectivity index (χ0n) is 21.5. The number of carbonyl (C=O) groups is 1. The predicted molar refractivity (Wildman–Crippen MR) is 146 cm³/mol. The molecule has 198 valence electrons. The van der Waals surface area contributed by atoms with Crippen molar-refractivity contribution in [1.29, 1.82) is 0 Å². The zero-order chi connectivity index (χ0) is 25.3. The van der Waals surface area contributed by atoms with Crippen LogP contribution in [-0.4, -0.2) is 58.7 Å². The van der Waals surface area contributed by atoms with Crippen LogP contribution >= 0.6 is 11.8 Å². The van der Waals surface area contributed by atoms with Crippen LogP contribution in [0.5, 0.6) is 5.75 Å². The minimum absolute atomic E-state index is 0.0139. The van der Waals surface area contributed by atoms with Crippen molar-refractivity contribution >= 4 is 28.6 Å². The minimum atomic E-state index is -1.16. The van der Waals surface area contributed by atoms with E-state index in [1.807, 2.05) is 18.2 Å². The van der Waals surface area contributed by atoms with Crippen molar-refractivity contribution < 1.29 is 19.0 Å². The number of likely N-dealkylation sites (tertiary alicyclic amines) is 1. The van der Waals surface area contributed by atoms with Crippen LogP contribution in [0.15, 0.2) is 30.5 Å². The van der Waals surface area contributed by atoms with Crippen LogP contribution < -0.4 is 4.74 Å². The second-order valence-electron chi connectivity index (χ2n) is 10.5. The van der Waals surface area contributed by atoms with Crippen molar-refractivity contribution in [2.75, 3.05) is 32.5 Å². The number of alkyl halides is 1. The van der Waals surface area contributed by atoms with Crippen molar-refractivity contribution in [1.82, 2.24) is 9.88 Å². The largest absolute Gasteiger partial charge is 0.497 e. The molecular weight excluding hydrogens is 475 g/mol. The molecule has 0 amide bonds. The van der Waals surface area contributed by atoms with E-state index in [2.05, 4.69) is 21.6 Å². The number of hydrogen-bond donors (Lipinski definition) is 1. The summed E-state index contributed by atoms with van der Waals surface area (Å²) in [6.07, 6.45) is 11.6. The Balaban J connectivity index is 1.26. The second-order valence-corrected chi connectivity index (χ2v) is 11.9. The van der Waals surface area contributed by atoms with Gasteiger partial charge in [-0.25, -0.2) is 4.39 Å². The molecule has 2 fully saturated rings. The Labute approximate surface area is 219 Å². The highest BCUT2D eigenvalue weighted by Gasteiger charge is 2.34. The van der Waals surface area contributed by atoms with E-state index in [9.17, 15) is 9.90 Å². The van der Waals surface area contributed by atoms with Crippen molar-refractivity contribution in [3.63, 3.8) is 0 Å². The summed E-state index contributed by atoms with van der Waals surface area (Å²) in [4.78, 5) is 18.8. The van der Waals surface area contributed by atoms with E-state index in [1.165, 1.54) is 38.5 Å². The Morgan fingerprint density at radius 1 is 1.22 bits per heavy atom. The van der Waals surface area contributed by atoms with Gasteiger partial charge in [0.25, 0.3) is 0 Å². The molecule has 1 aliphatic heterocycles. The molecule has 0 radical (unpaired) electrons. The van der Waals surface area contributed by atoms with Gasteiger partial charge in [0.2, 0.25) is 0 Å². The number of hydrogen-bond acceptors (Lipinski definition) is 5. The van der Waals surface area contributed by atoms with Gasteiger partial charge in [-0.2, -0.15) is 11.8 Å². The normalized spacial score (nSPS) is 22.8. The van der Waals surface area contributed by atoms with E-state index in [1.54, 1.807) is 19.4 Å². The third-order valence-electron chi connectivity index (χ3n) is 8.04. The monoisotopic (exact) mass is 516 g/mol. The molecule has 3 atom stereocenters. The van der Waals surface area contributed by atoms with Crippen LogP contribution in [0.1, 0.15) is 75.9 Å². The second kappa shape index (κ2) is 13.6. The fourth-order valence-corrected chi connectivity index (χ4v) is 7.20. The molecule has 1 aromatic heterocycles. The maximum atomic E-state index is 15.4. The predicted octanol–water partition coefficient (Wildman–Crippen LogP) is 6.90. The van der Waals surface area contributed by atoms with Crippen molar-refractivity contribution in [3.05, 3.63) is 36.0 Å². The average molecular weight is 517 g/mol. The maximum absolute atomic E-state index is 15.4. The number of ether oxygens (including phenoxy) is 1. The molecule has 4 rings (SSSR count). The van der Waals surface area contributed by atoms with Gasteiger partial charge in [0, 0.05) is 23.4 Å². The van der Waals surface area contributed by atoms with E-state index in [-0.39, 0.29) is 5.92 Å². The highest BCUT2D eigenvalue weighted by Crippen LogP contribution is 2.35. The SMILES string of the molecule is COc1ccc2nccc([C@@H](F)CC[C@@H]3CCN(CCCSC4CCCCCC4)C[C@@H]3C(=O)O)c2c1. The van der Waals surface area contributed by atoms with Crippen molar-refractivity contribution in [3.8, 4) is 5.75 Å². The summed E-state index contributed by atoms with van der Waals surface area (Å²) in [6, 6.07) is 7.23. The van der Waals surface area contributed by atoms with Crippen molar-refractivity contribution in [2.24, 2.45) is 11.8 Å². The summed E-state index contributed by atoms with van der Waals surface area (Å²) in [5.74, 6) is 0.688. The van der Waals surface area contributed by atoms with Crippen molar-refractivity contribution in [2.45, 2.75) is 75.6 Å². The number of aliphatic carboxylic acids is 1. The average Bonchev–Trinajstić information content (AvgIpc) is 3.18. The summed E-state index contributed by atoms with van der Waals surface area (Å²) in [5, 5.41) is 11.5. The smallest absolute Gasteiger partial charge is 0.308 e. The number of benzene rings is 1. The Bertz CT molecular complexity index is 982. The van der Waals surface area contributed by atoms with E-state index in [4.69, 9.17) is 4.74 Å². The lowest BCUT2D eigenvalue weighted by Crippen LogP contribution is -2.44. The lowest BCUT2D eigenvalue weighted by Gasteiger charge is -2.37. The molecule has 0 unspecified atom stereocenters. The van der Waals surface area contributed by atoms with Gasteiger partial charge in [0.15, 0.2) is 0 Å². The minimum Gasteiger partial charge on any atom is -0.497 e. The number of carboxylic acids is 1. The first-order chi connectivity index (χ1) is 17.5. The summed E-state index contributed by atoms with van der Waals surface area (Å²) in [5.41, 5.74) is 1.35. The third kappa shape index (κ3) is 7.34. The maximum Gasteiger partial charge on any atom is 0.308 e. The molecule has 0 spiro atoms. The number of pyridine rings is 1. The number of thioether (sulfide) groups is 1. The molecule has 1 aromatic carbocycles. The van der Waals surface area contributed by atoms with Gasteiger partial charge in [-0.15, -0.1) is 0 Å². The third-order valence-corrected chi connectivity index (χ3v) is 9.51. The Hall–Kier alpha value is -1.86. The fourth-order valence-electron chi connectivity index (χ4n) is 5.91. The van der Waals surface area contributed by atoms with E-state index >= 15 is 4.39 Å². The summed E-state index contributed by atoms with van der Waals surface area (Å²) < 4.78 is 20.7. The van der Waals surface area contributed by atoms with Gasteiger partial charge in [0.05, 0.1) is 18.5 Å². The molecule has 2 heterocycles. The summed E-state index contributed by atoms with van der Waals surface area (Å²) in [7, 11) is 1.60. The van der Waals surface area contributed by atoms with Gasteiger partial charge >= 0.3 is 5.97 Å². The Morgan fingerprint density at radius 3 is 2.78 bits per heavy atom. The van der Waals surface area contributed by atoms with Gasteiger partial charge in [-0.1, -0.05) is 25.7 Å². The number of aromatic nitrogens is 1. The van der Waals surface area contributed by atoms with Crippen LogP contribution in [-0.2, 0) is 4.79 Å². The molecule has 2 aliphatic rings. The molecule has 0 bridgehead atoms. The Morgan fingerprint density at radius 2 is 2.03 bits per heavy atom. The van der Waals surface area contributed by atoms with E-state index in [0.717, 1.165) is 47.8 Å². The van der Waals surface area contributed by atoms with E-state index < -0.39 is 18.1 Å². The van der Waals surface area contributed by atoms with Crippen LogP contribution in [0.25, 0.3) is 10.9 Å². The lowest BCUT2D eigenvalue weighted by molar-refractivity contribution is -0.146. The first kappa shape index (κ1) is 27.2. The lowest BCUT2D eigenvalue weighted by atomic mass is 9.81. The van der Waals surface area contributed by atoms with Crippen LogP contribution in [0, 0.1) is 11.8 Å². The molecule has 36 heavy (non-hydrogen) atoms. The molecule has 1 saturated heterocycles. The number of piperidine rings is 1. The molecule has 1 aliphatic carbocycles. The number of nitrogens with zero attached hydrogens (tertiary/aromatic N) is 2. The van der Waals surface area contributed by atoms with Crippen LogP contribution in [0.2, 0.25) is 0 Å². The highest BCUT2D eigenvalue weighted by atomic mass is 32.2. The molecule has 7 heteroatoms. The molecule has 1 N–H and O–H groups in total. The fraction of sp³-hybridized carbons (Fsp3) is 0.655. The van der Waals surface area contributed by atoms with Gasteiger partial charge in [-0.05, 0) is 93.1 Å². The zero-order valence-corrected chi connectivity index (χ0v) is 22.4. The topological polar surface area (TPSA) is 62.7 Å². The molecule has 5 nitrogen and oxygen atoms in total. The Kier molecular flexibility index (Phi) is 10.3.